The third-order valence-corrected chi connectivity index (χ3v) is 2.67. The first kappa shape index (κ1) is 9.96. The van der Waals surface area contributed by atoms with Gasteiger partial charge in [-0.1, -0.05) is 0 Å². The monoisotopic (exact) mass is 172 g/mol. The highest BCUT2D eigenvalue weighted by atomic mass is 16.3. The van der Waals surface area contributed by atoms with Gasteiger partial charge < -0.3 is 10.4 Å². The number of nitrogens with zero attached hydrogens (tertiary/aromatic N) is 1. The first-order chi connectivity index (χ1) is 5.33. The van der Waals surface area contributed by atoms with E-state index in [-0.39, 0.29) is 5.54 Å². The lowest BCUT2D eigenvalue weighted by atomic mass is 10.0. The number of rotatable bonds is 0. The van der Waals surface area contributed by atoms with Crippen molar-refractivity contribution in [1.29, 1.82) is 0 Å². The van der Waals surface area contributed by atoms with E-state index in [1.807, 2.05) is 6.92 Å². The van der Waals surface area contributed by atoms with Crippen molar-refractivity contribution in [2.45, 2.75) is 31.9 Å². The van der Waals surface area contributed by atoms with Crippen LogP contribution in [0.4, 0.5) is 0 Å². The second-order valence-corrected chi connectivity index (χ2v) is 4.77. The van der Waals surface area contributed by atoms with Crippen LogP contribution < -0.4 is 5.32 Å². The molecule has 3 heteroatoms. The van der Waals surface area contributed by atoms with Crippen LogP contribution in [-0.4, -0.2) is 47.8 Å². The second-order valence-electron chi connectivity index (χ2n) is 4.77. The van der Waals surface area contributed by atoms with Crippen molar-refractivity contribution in [1.82, 2.24) is 10.2 Å². The Morgan fingerprint density at radius 1 is 1.25 bits per heavy atom. The van der Waals surface area contributed by atoms with E-state index in [2.05, 4.69) is 31.1 Å². The normalized spacial score (nSPS) is 37.8. The summed E-state index contributed by atoms with van der Waals surface area (Å²) in [6.07, 6.45) is 0. The highest BCUT2D eigenvalue weighted by Crippen LogP contribution is 2.18. The Labute approximate surface area is 74.8 Å². The molecule has 3 nitrogen and oxygen atoms in total. The van der Waals surface area contributed by atoms with Crippen LogP contribution in [0.15, 0.2) is 0 Å². The average molecular weight is 172 g/mol. The molecule has 0 spiro atoms. The Morgan fingerprint density at radius 2 is 1.83 bits per heavy atom. The van der Waals surface area contributed by atoms with Gasteiger partial charge in [0.25, 0.3) is 0 Å². The van der Waals surface area contributed by atoms with Gasteiger partial charge in [0.05, 0.1) is 5.60 Å². The molecule has 1 rings (SSSR count). The van der Waals surface area contributed by atoms with E-state index in [0.29, 0.717) is 6.54 Å². The van der Waals surface area contributed by atoms with Crippen molar-refractivity contribution in [3.05, 3.63) is 0 Å². The predicted molar refractivity (Wildman–Crippen MR) is 50.2 cm³/mol. The highest BCUT2D eigenvalue weighted by molar-refractivity contribution is 4.92. The highest BCUT2D eigenvalue weighted by Gasteiger charge is 2.33. The first-order valence-corrected chi connectivity index (χ1v) is 4.48. The SMILES string of the molecule is CN1CC(C)(O)CNCC1(C)C. The lowest BCUT2D eigenvalue weighted by Crippen LogP contribution is -2.48. The minimum Gasteiger partial charge on any atom is -0.388 e. The summed E-state index contributed by atoms with van der Waals surface area (Å²) < 4.78 is 0. The molecule has 1 aliphatic rings. The average Bonchev–Trinajstić information content (AvgIpc) is 1.90. The summed E-state index contributed by atoms with van der Waals surface area (Å²) in [5, 5.41) is 13.1. The van der Waals surface area contributed by atoms with Gasteiger partial charge in [-0.15, -0.1) is 0 Å². The molecule has 1 heterocycles. The Hall–Kier alpha value is -0.120. The second kappa shape index (κ2) is 2.98. The molecule has 1 fully saturated rings. The van der Waals surface area contributed by atoms with E-state index >= 15 is 0 Å². The van der Waals surface area contributed by atoms with Crippen LogP contribution in [0.1, 0.15) is 20.8 Å². The number of nitrogens with one attached hydrogen (secondary N) is 1. The summed E-state index contributed by atoms with van der Waals surface area (Å²) in [6.45, 7) is 8.58. The third kappa shape index (κ3) is 2.19. The van der Waals surface area contributed by atoms with E-state index in [0.717, 1.165) is 13.1 Å². The first-order valence-electron chi connectivity index (χ1n) is 4.48. The van der Waals surface area contributed by atoms with Crippen molar-refractivity contribution in [3.8, 4) is 0 Å². The largest absolute Gasteiger partial charge is 0.388 e. The van der Waals surface area contributed by atoms with Gasteiger partial charge in [-0.2, -0.15) is 0 Å². The Kier molecular flexibility index (Phi) is 2.47. The Morgan fingerprint density at radius 3 is 2.42 bits per heavy atom. The lowest BCUT2D eigenvalue weighted by molar-refractivity contribution is 0.0219. The fraction of sp³-hybridized carbons (Fsp3) is 1.00. The third-order valence-electron chi connectivity index (χ3n) is 2.67. The molecule has 1 unspecified atom stereocenters. The van der Waals surface area contributed by atoms with E-state index in [1.54, 1.807) is 0 Å². The van der Waals surface area contributed by atoms with Crippen molar-refractivity contribution in [2.24, 2.45) is 0 Å². The molecule has 0 aromatic carbocycles. The van der Waals surface area contributed by atoms with Gasteiger partial charge in [-0.25, -0.2) is 0 Å². The van der Waals surface area contributed by atoms with Crippen molar-refractivity contribution in [2.75, 3.05) is 26.7 Å². The fourth-order valence-electron chi connectivity index (χ4n) is 1.55. The summed E-state index contributed by atoms with van der Waals surface area (Å²) in [5.74, 6) is 0. The number of hydrogen-bond acceptors (Lipinski definition) is 3. The molecule has 0 saturated carbocycles. The standard InChI is InChI=1S/C9H20N2O/c1-8(2)5-10-6-9(3,12)7-11(8)4/h10,12H,5-7H2,1-4H3. The molecule has 2 N–H and O–H groups in total. The van der Waals surface area contributed by atoms with Crippen LogP contribution in [-0.2, 0) is 0 Å². The molecule has 0 aliphatic carbocycles. The minimum atomic E-state index is -0.595. The number of β-amino-alcohol motifs (C(OH)–C–C–N with tert-alkyl or cyclic N) is 1. The van der Waals surface area contributed by atoms with Crippen LogP contribution in [0.5, 0.6) is 0 Å². The van der Waals surface area contributed by atoms with E-state index in [4.69, 9.17) is 0 Å². The molecule has 0 radical (unpaired) electrons. The maximum absolute atomic E-state index is 9.85. The van der Waals surface area contributed by atoms with Gasteiger partial charge in [0.15, 0.2) is 0 Å². The molecule has 72 valence electrons. The van der Waals surface area contributed by atoms with E-state index < -0.39 is 5.60 Å². The zero-order valence-corrected chi connectivity index (χ0v) is 8.52. The summed E-state index contributed by atoms with van der Waals surface area (Å²) in [7, 11) is 2.06. The van der Waals surface area contributed by atoms with Gasteiger partial charge in [0.2, 0.25) is 0 Å². The molecule has 0 aromatic heterocycles. The zero-order valence-electron chi connectivity index (χ0n) is 8.52. The van der Waals surface area contributed by atoms with Gasteiger partial charge in [0.1, 0.15) is 0 Å². The van der Waals surface area contributed by atoms with Gasteiger partial charge in [0, 0.05) is 25.2 Å². The smallest absolute Gasteiger partial charge is 0.0869 e. The molecular formula is C9H20N2O. The quantitative estimate of drug-likeness (QED) is 0.542. The van der Waals surface area contributed by atoms with E-state index in [1.165, 1.54) is 0 Å². The fourth-order valence-corrected chi connectivity index (χ4v) is 1.55. The molecule has 12 heavy (non-hydrogen) atoms. The van der Waals surface area contributed by atoms with Gasteiger partial charge >= 0.3 is 0 Å². The summed E-state index contributed by atoms with van der Waals surface area (Å²) in [5.41, 5.74) is -0.455. The molecule has 0 aromatic rings. The topological polar surface area (TPSA) is 35.5 Å². The molecule has 1 saturated heterocycles. The Bertz CT molecular complexity index is 166. The molecule has 1 atom stereocenters. The molecule has 0 bridgehead atoms. The molecule has 1 aliphatic heterocycles. The summed E-state index contributed by atoms with van der Waals surface area (Å²) in [6, 6.07) is 0. The van der Waals surface area contributed by atoms with Crippen LogP contribution in [0.3, 0.4) is 0 Å². The van der Waals surface area contributed by atoms with Crippen molar-refractivity contribution >= 4 is 0 Å². The van der Waals surface area contributed by atoms with Crippen molar-refractivity contribution in [3.63, 3.8) is 0 Å². The van der Waals surface area contributed by atoms with E-state index in [9.17, 15) is 5.11 Å². The maximum atomic E-state index is 9.85. The predicted octanol–water partition coefficient (Wildman–Crippen LogP) is 0.0510. The molecule has 0 amide bonds. The molecular weight excluding hydrogens is 152 g/mol. The van der Waals surface area contributed by atoms with Gasteiger partial charge in [-0.05, 0) is 27.8 Å². The van der Waals surface area contributed by atoms with Crippen LogP contribution in [0.25, 0.3) is 0 Å². The number of hydrogen-bond donors (Lipinski definition) is 2. The maximum Gasteiger partial charge on any atom is 0.0869 e. The summed E-state index contributed by atoms with van der Waals surface area (Å²) >= 11 is 0. The van der Waals surface area contributed by atoms with Crippen LogP contribution in [0, 0.1) is 0 Å². The summed E-state index contributed by atoms with van der Waals surface area (Å²) in [4.78, 5) is 2.20. The van der Waals surface area contributed by atoms with Crippen LogP contribution in [0.2, 0.25) is 0 Å². The number of likely N-dealkylation sites (N-methyl/N-ethyl adjacent to an activating group) is 1. The van der Waals surface area contributed by atoms with Crippen molar-refractivity contribution < 1.29 is 5.11 Å². The number of aliphatic hydroxyl groups is 1. The lowest BCUT2D eigenvalue weighted by Gasteiger charge is -2.35. The van der Waals surface area contributed by atoms with Gasteiger partial charge in [-0.3, -0.25) is 4.90 Å². The zero-order chi connectivity index (χ0) is 9.41. The Balaban J connectivity index is 2.69. The minimum absolute atomic E-state index is 0.139. The van der Waals surface area contributed by atoms with Crippen LogP contribution >= 0.6 is 0 Å².